The van der Waals surface area contributed by atoms with E-state index in [0.29, 0.717) is 42.6 Å². The minimum Gasteiger partial charge on any atom is -0.487 e. The van der Waals surface area contributed by atoms with Crippen LogP contribution in [-0.4, -0.2) is 43.9 Å². The number of sulfonamides is 1. The molecule has 2 aromatic carbocycles. The number of fused-ring (bicyclic) bond motifs is 3. The third-order valence-electron chi connectivity index (χ3n) is 9.14. The fraction of sp³-hybridized carbons (Fsp3) is 0.581. The number of aryl methyl sites for hydroxylation is 1. The lowest BCUT2D eigenvalue weighted by Gasteiger charge is -2.44. The summed E-state index contributed by atoms with van der Waals surface area (Å²) in [5.41, 5.74) is 3.34. The number of carbonyl (C=O) groups is 1. The molecule has 2 bridgehead atoms. The van der Waals surface area contributed by atoms with Crippen LogP contribution < -0.4 is 14.4 Å². The molecule has 9 heteroatoms. The van der Waals surface area contributed by atoms with Gasteiger partial charge in [0.25, 0.3) is 5.91 Å². The first-order valence-electron chi connectivity index (χ1n) is 14.6. The summed E-state index contributed by atoms with van der Waals surface area (Å²) in [6.07, 6.45) is 6.23. The molecule has 2 aromatic rings. The van der Waals surface area contributed by atoms with Gasteiger partial charge in [-0.15, -0.1) is 0 Å². The van der Waals surface area contributed by atoms with E-state index in [2.05, 4.69) is 16.5 Å². The number of halogens is 1. The van der Waals surface area contributed by atoms with E-state index in [-0.39, 0.29) is 17.4 Å². The highest BCUT2D eigenvalue weighted by Crippen LogP contribution is 2.42. The molecular weight excluding hydrogens is 548 g/mol. The van der Waals surface area contributed by atoms with Crippen molar-refractivity contribution < 1.29 is 23.1 Å². The minimum atomic E-state index is -3.85. The molecule has 2 heterocycles. The summed E-state index contributed by atoms with van der Waals surface area (Å²) in [5.74, 6) is 0.790. The molecule has 2 N–H and O–H groups in total. The van der Waals surface area contributed by atoms with E-state index in [1.807, 2.05) is 18.2 Å². The zero-order chi connectivity index (χ0) is 28.4. The zero-order valence-corrected chi connectivity index (χ0v) is 25.0. The lowest BCUT2D eigenvalue weighted by atomic mass is 9.68. The van der Waals surface area contributed by atoms with Crippen molar-refractivity contribution in [3.63, 3.8) is 0 Å². The Bertz CT molecular complexity index is 1330. The number of anilines is 1. The van der Waals surface area contributed by atoms with Gasteiger partial charge in [-0.2, -0.15) is 0 Å². The number of rotatable bonds is 0. The third kappa shape index (κ3) is 6.60. The summed E-state index contributed by atoms with van der Waals surface area (Å²) >= 11 is 6.30. The van der Waals surface area contributed by atoms with E-state index < -0.39 is 27.3 Å². The highest BCUT2D eigenvalue weighted by Gasteiger charge is 2.38. The van der Waals surface area contributed by atoms with Crippen molar-refractivity contribution in [2.45, 2.75) is 83.2 Å². The first kappa shape index (κ1) is 29.2. The molecule has 3 aliphatic rings. The summed E-state index contributed by atoms with van der Waals surface area (Å²) in [4.78, 5) is 15.5. The number of hydrogen-bond donors (Lipinski definition) is 2. The van der Waals surface area contributed by atoms with Gasteiger partial charge in [-0.05, 0) is 118 Å². The van der Waals surface area contributed by atoms with Gasteiger partial charge in [0.1, 0.15) is 12.4 Å². The van der Waals surface area contributed by atoms with Gasteiger partial charge >= 0.3 is 0 Å². The van der Waals surface area contributed by atoms with Crippen LogP contribution >= 0.6 is 11.6 Å². The van der Waals surface area contributed by atoms with E-state index in [0.717, 1.165) is 56.4 Å². The number of nitrogens with zero attached hydrogens (tertiary/aromatic N) is 1. The Balaban J connectivity index is 1.52. The van der Waals surface area contributed by atoms with Gasteiger partial charge < -0.3 is 14.7 Å². The van der Waals surface area contributed by atoms with Gasteiger partial charge in [0.2, 0.25) is 10.0 Å². The van der Waals surface area contributed by atoms with Crippen LogP contribution in [0.15, 0.2) is 36.4 Å². The standard InChI is InChI=1S/C31H41ClN2O5S/c1-20-6-7-21(2)40(37,38)33-31(36)23-10-13-30-28(17-23)34(18-24-9-12-27(24)29(35)15-20)14-4-3-5-22-16-26(32)11-8-25(22)19-39-30/h8,10-11,13,16-17,20-21,24,27,29,35H,3-7,9,12,14-15,18-19H2,1-2H3,(H,33,36)/t20-,21-,24-,27+,29+/m0/s1. The fourth-order valence-corrected chi connectivity index (χ4v) is 7.58. The van der Waals surface area contributed by atoms with Crippen LogP contribution in [0.5, 0.6) is 5.75 Å². The van der Waals surface area contributed by atoms with Crippen LogP contribution in [0.2, 0.25) is 5.02 Å². The molecule has 5 rings (SSSR count). The number of ether oxygens (including phenoxy) is 1. The van der Waals surface area contributed by atoms with Crippen LogP contribution in [-0.2, 0) is 23.1 Å². The second-order valence-electron chi connectivity index (χ2n) is 12.1. The van der Waals surface area contributed by atoms with E-state index in [4.69, 9.17) is 16.3 Å². The molecule has 1 saturated carbocycles. The Labute approximate surface area is 243 Å². The SMILES string of the molecule is C[C@H]1CC[C@H](C)S(=O)(=O)NC(=O)c2ccc3c(c2)N(CCCCc2cc(Cl)ccc2CO3)C[C@@H]2CC[C@H]2[C@H](O)C1. The maximum atomic E-state index is 13.2. The number of nitrogens with one attached hydrogen (secondary N) is 1. The fourth-order valence-electron chi connectivity index (χ4n) is 6.36. The van der Waals surface area contributed by atoms with Crippen molar-refractivity contribution in [1.82, 2.24) is 4.72 Å². The average molecular weight is 589 g/mol. The normalized spacial score (nSPS) is 29.4. The molecule has 0 spiro atoms. The van der Waals surface area contributed by atoms with Gasteiger partial charge in [-0.3, -0.25) is 4.79 Å². The lowest BCUT2D eigenvalue weighted by Crippen LogP contribution is -2.44. The van der Waals surface area contributed by atoms with Gasteiger partial charge in [0.05, 0.1) is 17.0 Å². The number of aliphatic hydroxyl groups is 1. The highest BCUT2D eigenvalue weighted by atomic mass is 35.5. The maximum absolute atomic E-state index is 13.2. The van der Waals surface area contributed by atoms with Gasteiger partial charge in [-0.25, -0.2) is 13.1 Å². The molecule has 0 saturated heterocycles. The molecular formula is C31H41ClN2O5S. The van der Waals surface area contributed by atoms with E-state index in [1.54, 1.807) is 25.1 Å². The van der Waals surface area contributed by atoms with Gasteiger partial charge in [0, 0.05) is 23.7 Å². The Morgan fingerprint density at radius 3 is 2.62 bits per heavy atom. The molecule has 7 nitrogen and oxygen atoms in total. The molecule has 2 aliphatic heterocycles. The van der Waals surface area contributed by atoms with E-state index in [1.165, 1.54) is 5.56 Å². The number of carbonyl (C=O) groups excluding carboxylic acids is 1. The molecule has 1 fully saturated rings. The number of hydrogen-bond acceptors (Lipinski definition) is 6. The second kappa shape index (κ2) is 12.3. The zero-order valence-electron chi connectivity index (χ0n) is 23.4. The molecule has 40 heavy (non-hydrogen) atoms. The Kier molecular flexibility index (Phi) is 8.98. The topological polar surface area (TPSA) is 95.9 Å². The highest BCUT2D eigenvalue weighted by molar-refractivity contribution is 7.90. The van der Waals surface area contributed by atoms with E-state index >= 15 is 0 Å². The Hall–Kier alpha value is -2.29. The van der Waals surface area contributed by atoms with Gasteiger partial charge in [-0.1, -0.05) is 24.6 Å². The largest absolute Gasteiger partial charge is 0.487 e. The molecule has 5 atom stereocenters. The first-order chi connectivity index (χ1) is 19.1. The van der Waals surface area contributed by atoms with Crippen LogP contribution in [0, 0.1) is 17.8 Å². The smallest absolute Gasteiger partial charge is 0.264 e. The molecule has 218 valence electrons. The predicted molar refractivity (Wildman–Crippen MR) is 158 cm³/mol. The monoisotopic (exact) mass is 588 g/mol. The number of aliphatic hydroxyl groups excluding tert-OH is 1. The summed E-state index contributed by atoms with van der Waals surface area (Å²) < 4.78 is 34.7. The van der Waals surface area contributed by atoms with Crippen molar-refractivity contribution in [2.24, 2.45) is 17.8 Å². The van der Waals surface area contributed by atoms with Crippen molar-refractivity contribution in [1.29, 1.82) is 0 Å². The lowest BCUT2D eigenvalue weighted by molar-refractivity contribution is 0.00157. The molecule has 0 unspecified atom stereocenters. The van der Waals surface area contributed by atoms with Crippen LogP contribution in [0.4, 0.5) is 5.69 Å². The summed E-state index contributed by atoms with van der Waals surface area (Å²) in [7, 11) is -3.85. The molecule has 0 radical (unpaired) electrons. The quantitative estimate of drug-likeness (QED) is 0.409. The van der Waals surface area contributed by atoms with Crippen molar-refractivity contribution in [3.05, 3.63) is 58.1 Å². The number of benzene rings is 2. The second-order valence-corrected chi connectivity index (χ2v) is 14.6. The van der Waals surface area contributed by atoms with E-state index in [9.17, 15) is 18.3 Å². The van der Waals surface area contributed by atoms with Gasteiger partial charge in [0.15, 0.2) is 0 Å². The average Bonchev–Trinajstić information content (AvgIpc) is 2.92. The number of amides is 1. The Morgan fingerprint density at radius 1 is 1.02 bits per heavy atom. The minimum absolute atomic E-state index is 0.193. The van der Waals surface area contributed by atoms with Crippen molar-refractivity contribution in [3.8, 4) is 5.75 Å². The predicted octanol–water partition coefficient (Wildman–Crippen LogP) is 5.72. The molecule has 1 aliphatic carbocycles. The van der Waals surface area contributed by atoms with Crippen molar-refractivity contribution in [2.75, 3.05) is 18.0 Å². The first-order valence-corrected chi connectivity index (χ1v) is 16.6. The summed E-state index contributed by atoms with van der Waals surface area (Å²) in [6.45, 7) is 5.60. The third-order valence-corrected chi connectivity index (χ3v) is 11.1. The van der Waals surface area contributed by atoms with Crippen LogP contribution in [0.1, 0.15) is 80.3 Å². The van der Waals surface area contributed by atoms with Crippen LogP contribution in [0.3, 0.4) is 0 Å². The molecule has 1 amide bonds. The summed E-state index contributed by atoms with van der Waals surface area (Å²) in [5, 5.41) is 11.2. The summed E-state index contributed by atoms with van der Waals surface area (Å²) in [6, 6.07) is 11.1. The maximum Gasteiger partial charge on any atom is 0.264 e. The van der Waals surface area contributed by atoms with Crippen molar-refractivity contribution >= 4 is 33.2 Å². The molecule has 0 aromatic heterocycles. The van der Waals surface area contributed by atoms with Crippen LogP contribution in [0.25, 0.3) is 0 Å². The Morgan fingerprint density at radius 2 is 1.85 bits per heavy atom.